The van der Waals surface area contributed by atoms with Gasteiger partial charge in [-0.15, -0.1) is 0 Å². The Morgan fingerprint density at radius 2 is 1.71 bits per heavy atom. The number of aryl methyl sites for hydroxylation is 1. The van der Waals surface area contributed by atoms with E-state index in [9.17, 15) is 13.2 Å². The number of amides is 1. The molecule has 0 unspecified atom stereocenters. The van der Waals surface area contributed by atoms with Gasteiger partial charge in [-0.25, -0.2) is 8.42 Å². The van der Waals surface area contributed by atoms with Crippen LogP contribution < -0.4 is 5.32 Å². The average Bonchev–Trinajstić information content (AvgIpc) is 3.17. The van der Waals surface area contributed by atoms with Crippen molar-refractivity contribution in [2.75, 3.05) is 18.4 Å². The summed E-state index contributed by atoms with van der Waals surface area (Å²) >= 11 is 6.33. The van der Waals surface area contributed by atoms with Gasteiger partial charge in [0.2, 0.25) is 10.0 Å². The lowest BCUT2D eigenvalue weighted by molar-refractivity contribution is 0.102. The summed E-state index contributed by atoms with van der Waals surface area (Å²) in [5.41, 5.74) is 2.99. The number of rotatable bonds is 5. The van der Waals surface area contributed by atoms with Gasteiger partial charge in [0, 0.05) is 47.1 Å². The average molecular weight is 510 g/mol. The Balaban J connectivity index is 1.46. The number of anilines is 1. The first kappa shape index (κ1) is 23.9. The van der Waals surface area contributed by atoms with Crippen molar-refractivity contribution in [2.24, 2.45) is 5.92 Å². The Kier molecular flexibility index (Phi) is 6.34. The molecule has 6 nitrogen and oxygen atoms in total. The molecule has 1 fully saturated rings. The van der Waals surface area contributed by atoms with Gasteiger partial charge in [0.15, 0.2) is 0 Å². The maximum absolute atomic E-state index is 13.2. The van der Waals surface area contributed by atoms with Crippen molar-refractivity contribution >= 4 is 55.0 Å². The van der Waals surface area contributed by atoms with E-state index >= 15 is 0 Å². The monoisotopic (exact) mass is 509 g/mol. The number of aromatic nitrogens is 1. The first-order valence-corrected chi connectivity index (χ1v) is 13.7. The van der Waals surface area contributed by atoms with Gasteiger partial charge in [-0.3, -0.25) is 4.79 Å². The molecular formula is C27H28ClN3O3S. The molecule has 0 saturated carbocycles. The molecule has 5 rings (SSSR count). The highest BCUT2D eigenvalue weighted by molar-refractivity contribution is 7.89. The minimum absolute atomic E-state index is 0.0862. The van der Waals surface area contributed by atoms with Crippen LogP contribution in [0.2, 0.25) is 5.02 Å². The van der Waals surface area contributed by atoms with Crippen molar-refractivity contribution < 1.29 is 13.2 Å². The molecule has 1 aromatic heterocycles. The maximum Gasteiger partial charge on any atom is 0.257 e. The first-order chi connectivity index (χ1) is 16.8. The number of halogens is 1. The van der Waals surface area contributed by atoms with E-state index in [4.69, 9.17) is 11.6 Å². The normalized spacial score (nSPS) is 15.6. The molecule has 1 amide bonds. The summed E-state index contributed by atoms with van der Waals surface area (Å²) in [6.07, 6.45) is 1.66. The fraction of sp³-hybridized carbons (Fsp3) is 0.296. The van der Waals surface area contributed by atoms with Crippen LogP contribution in [-0.2, 0) is 16.6 Å². The molecule has 8 heteroatoms. The van der Waals surface area contributed by atoms with E-state index in [1.807, 2.05) is 30.3 Å². The number of fused-ring (bicyclic) bond motifs is 3. The Hall–Kier alpha value is -2.87. The van der Waals surface area contributed by atoms with Crippen LogP contribution in [0.15, 0.2) is 65.6 Å². The molecular weight excluding hydrogens is 482 g/mol. The predicted molar refractivity (Wildman–Crippen MR) is 142 cm³/mol. The fourth-order valence-corrected chi connectivity index (χ4v) is 6.58. The van der Waals surface area contributed by atoms with Crippen LogP contribution in [0.25, 0.3) is 21.8 Å². The summed E-state index contributed by atoms with van der Waals surface area (Å²) in [6.45, 7) is 6.04. The van der Waals surface area contributed by atoms with Crippen molar-refractivity contribution in [3.05, 3.63) is 71.2 Å². The Labute approximate surface area is 210 Å². The zero-order valence-corrected chi connectivity index (χ0v) is 21.4. The van der Waals surface area contributed by atoms with Crippen LogP contribution >= 0.6 is 11.6 Å². The second-order valence-corrected chi connectivity index (χ2v) is 11.5. The largest absolute Gasteiger partial charge is 0.341 e. The van der Waals surface area contributed by atoms with Gasteiger partial charge in [-0.1, -0.05) is 36.7 Å². The minimum Gasteiger partial charge on any atom is -0.341 e. The van der Waals surface area contributed by atoms with Crippen molar-refractivity contribution in [2.45, 2.75) is 38.1 Å². The number of piperidine rings is 1. The summed E-state index contributed by atoms with van der Waals surface area (Å²) in [7, 11) is -3.69. The van der Waals surface area contributed by atoms with Crippen molar-refractivity contribution in [3.63, 3.8) is 0 Å². The summed E-state index contributed by atoms with van der Waals surface area (Å²) in [4.78, 5) is 13.3. The first-order valence-electron chi connectivity index (χ1n) is 11.9. The quantitative estimate of drug-likeness (QED) is 0.351. The molecule has 3 aromatic carbocycles. The molecule has 0 atom stereocenters. The van der Waals surface area contributed by atoms with Gasteiger partial charge in [0.1, 0.15) is 0 Å². The van der Waals surface area contributed by atoms with E-state index in [-0.39, 0.29) is 15.5 Å². The molecule has 0 aliphatic carbocycles. The van der Waals surface area contributed by atoms with E-state index in [0.29, 0.717) is 24.7 Å². The van der Waals surface area contributed by atoms with Crippen LogP contribution in [0.1, 0.15) is 37.0 Å². The number of benzene rings is 3. The van der Waals surface area contributed by atoms with Crippen LogP contribution in [0.5, 0.6) is 0 Å². The molecule has 1 N–H and O–H groups in total. The van der Waals surface area contributed by atoms with Gasteiger partial charge < -0.3 is 9.88 Å². The van der Waals surface area contributed by atoms with E-state index < -0.39 is 15.9 Å². The smallest absolute Gasteiger partial charge is 0.257 e. The third-order valence-corrected chi connectivity index (χ3v) is 9.13. The third-order valence-electron chi connectivity index (χ3n) is 6.91. The highest BCUT2D eigenvalue weighted by Gasteiger charge is 2.29. The van der Waals surface area contributed by atoms with Gasteiger partial charge in [-0.2, -0.15) is 4.31 Å². The zero-order chi connectivity index (χ0) is 24.7. The molecule has 1 aliphatic heterocycles. The van der Waals surface area contributed by atoms with Crippen LogP contribution in [0.3, 0.4) is 0 Å². The lowest BCUT2D eigenvalue weighted by Crippen LogP contribution is -2.37. The van der Waals surface area contributed by atoms with Gasteiger partial charge in [0.05, 0.1) is 15.5 Å². The Morgan fingerprint density at radius 1 is 1.00 bits per heavy atom. The predicted octanol–water partition coefficient (Wildman–Crippen LogP) is 6.14. The third kappa shape index (κ3) is 4.33. The molecule has 2 heterocycles. The van der Waals surface area contributed by atoms with Gasteiger partial charge in [0.25, 0.3) is 5.91 Å². The summed E-state index contributed by atoms with van der Waals surface area (Å²) in [5, 5.41) is 5.27. The lowest BCUT2D eigenvalue weighted by Gasteiger charge is -2.29. The number of hydrogen-bond acceptors (Lipinski definition) is 3. The van der Waals surface area contributed by atoms with Crippen molar-refractivity contribution in [1.82, 2.24) is 8.87 Å². The summed E-state index contributed by atoms with van der Waals surface area (Å²) < 4.78 is 30.1. The van der Waals surface area contributed by atoms with Crippen molar-refractivity contribution in [1.29, 1.82) is 0 Å². The van der Waals surface area contributed by atoms with E-state index in [2.05, 4.69) is 35.9 Å². The minimum atomic E-state index is -3.69. The van der Waals surface area contributed by atoms with Gasteiger partial charge >= 0.3 is 0 Å². The number of sulfonamides is 1. The number of nitrogens with one attached hydrogen (secondary N) is 1. The van der Waals surface area contributed by atoms with Crippen LogP contribution in [0, 0.1) is 5.92 Å². The Morgan fingerprint density at radius 3 is 2.46 bits per heavy atom. The zero-order valence-electron chi connectivity index (χ0n) is 19.8. The highest BCUT2D eigenvalue weighted by atomic mass is 35.5. The lowest BCUT2D eigenvalue weighted by atomic mass is 10.0. The molecule has 0 spiro atoms. The van der Waals surface area contributed by atoms with E-state index in [1.165, 1.54) is 22.5 Å². The Bertz CT molecular complexity index is 1540. The summed E-state index contributed by atoms with van der Waals surface area (Å²) in [6, 6.07) is 18.3. The highest BCUT2D eigenvalue weighted by Crippen LogP contribution is 2.32. The molecule has 0 bridgehead atoms. The number of hydrogen-bond donors (Lipinski definition) is 1. The molecule has 182 valence electrons. The molecule has 1 saturated heterocycles. The fourth-order valence-electron chi connectivity index (χ4n) is 4.88. The number of carbonyl (C=O) groups is 1. The number of carbonyl (C=O) groups excluding carboxylic acids is 1. The van der Waals surface area contributed by atoms with E-state index in [1.54, 1.807) is 0 Å². The van der Waals surface area contributed by atoms with Gasteiger partial charge in [-0.05, 0) is 68.1 Å². The summed E-state index contributed by atoms with van der Waals surface area (Å²) in [5.74, 6) is 0.0644. The maximum atomic E-state index is 13.2. The number of nitrogens with zero attached hydrogens (tertiary/aromatic N) is 2. The SMILES string of the molecule is CCn1c2ccccc2c2cc(NC(=O)c3cc(S(=O)(=O)N4CCC(C)CC4)ccc3Cl)ccc21. The van der Waals surface area contributed by atoms with Crippen LogP contribution in [-0.4, -0.2) is 36.3 Å². The van der Waals surface area contributed by atoms with Crippen molar-refractivity contribution in [3.8, 4) is 0 Å². The topological polar surface area (TPSA) is 71.4 Å². The van der Waals surface area contributed by atoms with E-state index in [0.717, 1.165) is 41.2 Å². The molecule has 1 aliphatic rings. The second-order valence-electron chi connectivity index (χ2n) is 9.18. The molecule has 4 aromatic rings. The second kappa shape index (κ2) is 9.30. The molecule has 0 radical (unpaired) electrons. The number of para-hydroxylation sites is 1. The molecule has 35 heavy (non-hydrogen) atoms. The van der Waals surface area contributed by atoms with Crippen LogP contribution in [0.4, 0.5) is 5.69 Å². The standard InChI is InChI=1S/C27H28ClN3O3S/c1-3-31-25-7-5-4-6-21(25)22-16-19(8-11-26(22)31)29-27(32)23-17-20(9-10-24(23)28)35(33,34)30-14-12-18(2)13-15-30/h4-11,16-18H,3,12-15H2,1-2H3,(H,29,32).